The number of ether oxygens (including phenoxy) is 2. The van der Waals surface area contributed by atoms with Crippen molar-refractivity contribution in [1.82, 2.24) is 4.98 Å². The number of hydrogen-bond donors (Lipinski definition) is 1. The van der Waals surface area contributed by atoms with Gasteiger partial charge in [0.25, 0.3) is 5.56 Å². The number of hydrogen-bond acceptors (Lipinski definition) is 5. The molecule has 0 aliphatic rings. The summed E-state index contributed by atoms with van der Waals surface area (Å²) in [6.45, 7) is 3.68. The molecule has 148 valence electrons. The number of carbonyl (C=O) groups excluding carboxylic acids is 1. The Kier molecular flexibility index (Phi) is 5.99. The monoisotopic (exact) mass is 390 g/mol. The number of aryl methyl sites for hydroxylation is 1. The number of H-pyrrole nitrogens is 1. The van der Waals surface area contributed by atoms with Gasteiger partial charge in [-0.1, -0.05) is 18.2 Å². The molecule has 0 unspecified atom stereocenters. The first-order chi connectivity index (χ1) is 13.9. The van der Waals surface area contributed by atoms with Crippen LogP contribution in [0, 0.1) is 25.2 Å². The van der Waals surface area contributed by atoms with Crippen LogP contribution in [0.4, 0.5) is 0 Å². The molecule has 0 radical (unpaired) electrons. The summed E-state index contributed by atoms with van der Waals surface area (Å²) in [5.41, 5.74) is 2.68. The molecule has 1 aromatic heterocycles. The van der Waals surface area contributed by atoms with E-state index >= 15 is 0 Å². The average Bonchev–Trinajstić information content (AvgIpc) is 2.71. The molecule has 6 heteroatoms. The predicted octanol–water partition coefficient (Wildman–Crippen LogP) is 3.70. The van der Waals surface area contributed by atoms with Gasteiger partial charge in [-0.3, -0.25) is 9.59 Å². The van der Waals surface area contributed by atoms with Gasteiger partial charge < -0.3 is 14.5 Å². The van der Waals surface area contributed by atoms with E-state index in [0.29, 0.717) is 17.7 Å². The zero-order valence-corrected chi connectivity index (χ0v) is 16.7. The van der Waals surface area contributed by atoms with Crippen molar-refractivity contribution in [3.05, 3.63) is 74.7 Å². The number of nitriles is 1. The van der Waals surface area contributed by atoms with Crippen LogP contribution in [0.25, 0.3) is 10.8 Å². The first-order valence-corrected chi connectivity index (χ1v) is 9.27. The highest BCUT2D eigenvalue weighted by atomic mass is 16.5. The summed E-state index contributed by atoms with van der Waals surface area (Å²) in [5, 5.41) is 11.2. The zero-order chi connectivity index (χ0) is 21.0. The Hall–Kier alpha value is -3.59. The molecule has 0 atom stereocenters. The second kappa shape index (κ2) is 8.61. The highest BCUT2D eigenvalue weighted by molar-refractivity contribution is 5.84. The number of rotatable bonds is 6. The first kappa shape index (κ1) is 20.2. The van der Waals surface area contributed by atoms with E-state index in [2.05, 4.69) is 4.98 Å². The summed E-state index contributed by atoms with van der Waals surface area (Å²) in [4.78, 5) is 26.7. The summed E-state index contributed by atoms with van der Waals surface area (Å²) in [6.07, 6.45) is 0.572. The minimum atomic E-state index is -0.400. The van der Waals surface area contributed by atoms with Crippen molar-refractivity contribution in [2.45, 2.75) is 33.3 Å². The van der Waals surface area contributed by atoms with Crippen molar-refractivity contribution in [2.75, 3.05) is 7.11 Å². The van der Waals surface area contributed by atoms with Gasteiger partial charge in [0, 0.05) is 12.1 Å². The minimum Gasteiger partial charge on any atom is -0.497 e. The minimum absolute atomic E-state index is 0.0896. The van der Waals surface area contributed by atoms with Gasteiger partial charge in [-0.25, -0.2) is 0 Å². The summed E-state index contributed by atoms with van der Waals surface area (Å²) >= 11 is 0. The fourth-order valence-electron chi connectivity index (χ4n) is 3.37. The van der Waals surface area contributed by atoms with E-state index in [-0.39, 0.29) is 24.6 Å². The van der Waals surface area contributed by atoms with E-state index in [1.165, 1.54) is 0 Å². The van der Waals surface area contributed by atoms with Gasteiger partial charge in [0.2, 0.25) is 0 Å². The number of benzene rings is 2. The average molecular weight is 390 g/mol. The fraction of sp³-hybridized carbons (Fsp3) is 0.261. The molecule has 0 aliphatic carbocycles. The van der Waals surface area contributed by atoms with Crippen LogP contribution < -0.4 is 10.3 Å². The van der Waals surface area contributed by atoms with E-state index in [9.17, 15) is 9.59 Å². The number of nitrogens with one attached hydrogen (secondary N) is 1. The maximum absolute atomic E-state index is 12.2. The summed E-state index contributed by atoms with van der Waals surface area (Å²) in [6, 6.07) is 13.6. The van der Waals surface area contributed by atoms with Crippen LogP contribution in [-0.4, -0.2) is 18.1 Å². The number of fused-ring (bicyclic) bond motifs is 1. The van der Waals surface area contributed by atoms with E-state index in [1.807, 2.05) is 42.5 Å². The number of carbonyl (C=O) groups is 1. The zero-order valence-electron chi connectivity index (χ0n) is 16.7. The SMILES string of the molecule is COc1ccc2cc(COC(=O)CCc3c(C)[nH]c(=O)c(C#N)c3C)ccc2c1. The highest BCUT2D eigenvalue weighted by Gasteiger charge is 2.14. The first-order valence-electron chi connectivity index (χ1n) is 9.27. The van der Waals surface area contributed by atoms with Crippen molar-refractivity contribution in [3.8, 4) is 11.8 Å². The van der Waals surface area contributed by atoms with Gasteiger partial charge >= 0.3 is 5.97 Å². The Bertz CT molecular complexity index is 1170. The van der Waals surface area contributed by atoms with Crippen molar-refractivity contribution < 1.29 is 14.3 Å². The lowest BCUT2D eigenvalue weighted by Crippen LogP contribution is -2.17. The number of methoxy groups -OCH3 is 1. The van der Waals surface area contributed by atoms with E-state index < -0.39 is 5.56 Å². The topological polar surface area (TPSA) is 92.2 Å². The Morgan fingerprint density at radius 1 is 1.14 bits per heavy atom. The molecule has 3 rings (SSSR count). The van der Waals surface area contributed by atoms with Crippen LogP contribution in [-0.2, 0) is 22.6 Å². The number of aromatic amines is 1. The van der Waals surface area contributed by atoms with Crippen molar-refractivity contribution in [3.63, 3.8) is 0 Å². The second-order valence-electron chi connectivity index (χ2n) is 6.88. The largest absolute Gasteiger partial charge is 0.497 e. The predicted molar refractivity (Wildman–Crippen MR) is 110 cm³/mol. The van der Waals surface area contributed by atoms with Gasteiger partial charge in [0.1, 0.15) is 24.0 Å². The van der Waals surface area contributed by atoms with Gasteiger partial charge in [-0.05, 0) is 65.9 Å². The fourth-order valence-corrected chi connectivity index (χ4v) is 3.37. The second-order valence-corrected chi connectivity index (χ2v) is 6.88. The molecular weight excluding hydrogens is 368 g/mol. The molecule has 0 bridgehead atoms. The van der Waals surface area contributed by atoms with Crippen molar-refractivity contribution in [1.29, 1.82) is 5.26 Å². The number of esters is 1. The summed E-state index contributed by atoms with van der Waals surface area (Å²) in [5.74, 6) is 0.465. The van der Waals surface area contributed by atoms with E-state index in [4.69, 9.17) is 14.7 Å². The van der Waals surface area contributed by atoms with Gasteiger partial charge in [-0.2, -0.15) is 5.26 Å². The maximum Gasteiger partial charge on any atom is 0.306 e. The van der Waals surface area contributed by atoms with Crippen LogP contribution in [0.2, 0.25) is 0 Å². The van der Waals surface area contributed by atoms with E-state index in [0.717, 1.165) is 27.6 Å². The molecule has 0 fully saturated rings. The smallest absolute Gasteiger partial charge is 0.306 e. The molecule has 0 aliphatic heterocycles. The molecule has 0 saturated carbocycles. The molecule has 1 heterocycles. The number of pyridine rings is 1. The Balaban J connectivity index is 1.63. The molecular formula is C23H22N2O4. The van der Waals surface area contributed by atoms with E-state index in [1.54, 1.807) is 21.0 Å². The van der Waals surface area contributed by atoms with Crippen LogP contribution in [0.15, 0.2) is 41.2 Å². The lowest BCUT2D eigenvalue weighted by atomic mass is 9.99. The van der Waals surface area contributed by atoms with Crippen molar-refractivity contribution >= 4 is 16.7 Å². The Morgan fingerprint density at radius 2 is 1.86 bits per heavy atom. The van der Waals surface area contributed by atoms with Gasteiger partial charge in [-0.15, -0.1) is 0 Å². The molecule has 0 saturated heterocycles. The summed E-state index contributed by atoms with van der Waals surface area (Å²) < 4.78 is 10.6. The lowest BCUT2D eigenvalue weighted by molar-refractivity contribution is -0.144. The molecule has 29 heavy (non-hydrogen) atoms. The van der Waals surface area contributed by atoms with Crippen LogP contribution in [0.1, 0.15) is 34.4 Å². The summed E-state index contributed by atoms with van der Waals surface area (Å²) in [7, 11) is 1.63. The third kappa shape index (κ3) is 4.46. The van der Waals surface area contributed by atoms with Crippen LogP contribution in [0.3, 0.4) is 0 Å². The molecule has 2 aromatic carbocycles. The van der Waals surface area contributed by atoms with Crippen molar-refractivity contribution in [2.24, 2.45) is 0 Å². The molecule has 6 nitrogen and oxygen atoms in total. The third-order valence-electron chi connectivity index (χ3n) is 5.01. The highest BCUT2D eigenvalue weighted by Crippen LogP contribution is 2.22. The van der Waals surface area contributed by atoms with Gasteiger partial charge in [0.05, 0.1) is 7.11 Å². The van der Waals surface area contributed by atoms with Crippen LogP contribution >= 0.6 is 0 Å². The lowest BCUT2D eigenvalue weighted by Gasteiger charge is -2.11. The molecule has 0 amide bonds. The Morgan fingerprint density at radius 3 is 2.59 bits per heavy atom. The number of nitrogens with zero attached hydrogens (tertiary/aromatic N) is 1. The molecule has 0 spiro atoms. The standard InChI is InChI=1S/C23H22N2O4/c1-14-20(15(2)25-23(27)21(14)12-24)8-9-22(26)29-13-16-4-5-18-11-19(28-3)7-6-17(18)10-16/h4-7,10-11H,8-9,13H2,1-3H3,(H,25,27). The third-order valence-corrected chi connectivity index (χ3v) is 5.01. The normalized spacial score (nSPS) is 10.6. The molecule has 3 aromatic rings. The number of aromatic nitrogens is 1. The maximum atomic E-state index is 12.2. The van der Waals surface area contributed by atoms with Crippen LogP contribution in [0.5, 0.6) is 5.75 Å². The molecule has 1 N–H and O–H groups in total. The quantitative estimate of drug-likeness (QED) is 0.648. The van der Waals surface area contributed by atoms with Gasteiger partial charge in [0.15, 0.2) is 0 Å². The Labute approximate surface area is 168 Å².